The Morgan fingerprint density at radius 2 is 1.96 bits per heavy atom. The van der Waals surface area contributed by atoms with Crippen LogP contribution in [-0.2, 0) is 0 Å². The monoisotopic (exact) mass is 339 g/mol. The molecule has 0 fully saturated rings. The quantitative estimate of drug-likeness (QED) is 0.622. The molecule has 4 rings (SSSR count). The second kappa shape index (κ2) is 5.82. The number of nitrogens with zero attached hydrogens (tertiary/aromatic N) is 4. The predicted octanol–water partition coefficient (Wildman–Crippen LogP) is 3.24. The van der Waals surface area contributed by atoms with Crippen molar-refractivity contribution in [1.29, 1.82) is 0 Å². The van der Waals surface area contributed by atoms with Gasteiger partial charge in [0, 0.05) is 29.4 Å². The molecule has 3 aromatic heterocycles. The molecule has 0 unspecified atom stereocenters. The van der Waals surface area contributed by atoms with Gasteiger partial charge in [-0.25, -0.2) is 18.9 Å². The van der Waals surface area contributed by atoms with Crippen molar-refractivity contribution < 1.29 is 9.18 Å². The van der Waals surface area contributed by atoms with Crippen LogP contribution < -0.4 is 5.32 Å². The molecule has 0 atom stereocenters. The molecule has 0 spiro atoms. The number of benzene rings is 1. The molecule has 0 aliphatic carbocycles. The molecule has 0 aliphatic rings. The molecule has 8 heteroatoms. The summed E-state index contributed by atoms with van der Waals surface area (Å²) in [5, 5.41) is 9.27. The van der Waals surface area contributed by atoms with Crippen LogP contribution in [0.3, 0.4) is 0 Å². The van der Waals surface area contributed by atoms with E-state index >= 15 is 0 Å². The Morgan fingerprint density at radius 3 is 2.71 bits per heavy atom. The van der Waals surface area contributed by atoms with E-state index in [2.05, 4.69) is 20.4 Å². The minimum Gasteiger partial charge on any atom is -0.296 e. The molecular weight excluding hydrogens is 329 g/mol. The Kier molecular flexibility index (Phi) is 3.51. The molecule has 1 N–H and O–H groups in total. The molecule has 0 saturated carbocycles. The van der Waals surface area contributed by atoms with Crippen molar-refractivity contribution in [2.45, 2.75) is 0 Å². The van der Waals surface area contributed by atoms with Gasteiger partial charge in [-0.3, -0.25) is 10.1 Å². The second-order valence-electron chi connectivity index (χ2n) is 4.93. The summed E-state index contributed by atoms with van der Waals surface area (Å²) in [6, 6.07) is 9.41. The highest BCUT2D eigenvalue weighted by Gasteiger charge is 2.15. The number of hydrogen-bond acceptors (Lipinski definition) is 5. The summed E-state index contributed by atoms with van der Waals surface area (Å²) in [5.41, 5.74) is 2.25. The number of aromatic nitrogens is 4. The van der Waals surface area contributed by atoms with E-state index in [0.29, 0.717) is 16.5 Å². The number of anilines is 1. The molecule has 0 aliphatic heterocycles. The maximum Gasteiger partial charge on any atom is 0.278 e. The van der Waals surface area contributed by atoms with Gasteiger partial charge in [-0.1, -0.05) is 0 Å². The lowest BCUT2D eigenvalue weighted by molar-refractivity contribution is 0.102. The smallest absolute Gasteiger partial charge is 0.278 e. The Labute approximate surface area is 139 Å². The molecule has 0 saturated heterocycles. The van der Waals surface area contributed by atoms with E-state index in [1.807, 2.05) is 0 Å². The highest BCUT2D eigenvalue weighted by atomic mass is 32.1. The third-order valence-electron chi connectivity index (χ3n) is 3.38. The van der Waals surface area contributed by atoms with Crippen LogP contribution in [-0.4, -0.2) is 25.5 Å². The van der Waals surface area contributed by atoms with Crippen molar-refractivity contribution in [2.75, 3.05) is 5.32 Å². The molecule has 1 aromatic carbocycles. The zero-order chi connectivity index (χ0) is 16.5. The molecule has 1 amide bonds. The Morgan fingerprint density at radius 1 is 1.12 bits per heavy atom. The lowest BCUT2D eigenvalue weighted by Crippen LogP contribution is -2.12. The molecule has 0 radical (unpaired) electrons. The predicted molar refractivity (Wildman–Crippen MR) is 88.4 cm³/mol. The Bertz CT molecular complexity index is 1010. The van der Waals surface area contributed by atoms with Crippen LogP contribution >= 0.6 is 11.3 Å². The summed E-state index contributed by atoms with van der Waals surface area (Å²) in [5.74, 6) is -0.673. The van der Waals surface area contributed by atoms with Crippen LogP contribution in [0.2, 0.25) is 0 Å². The van der Waals surface area contributed by atoms with Crippen LogP contribution in [0.4, 0.5) is 9.52 Å². The van der Waals surface area contributed by atoms with Gasteiger partial charge in [0.15, 0.2) is 16.5 Å². The van der Waals surface area contributed by atoms with Crippen molar-refractivity contribution >= 4 is 28.0 Å². The van der Waals surface area contributed by atoms with Crippen molar-refractivity contribution in [3.63, 3.8) is 0 Å². The van der Waals surface area contributed by atoms with Crippen molar-refractivity contribution in [3.8, 4) is 11.3 Å². The van der Waals surface area contributed by atoms with Gasteiger partial charge in [0.1, 0.15) is 5.82 Å². The molecular formula is C16H10FN5OS. The van der Waals surface area contributed by atoms with Crippen LogP contribution in [0.15, 0.2) is 54.2 Å². The molecule has 6 nitrogen and oxygen atoms in total. The SMILES string of the molecule is O=C(Nc1nccs1)c1cc2nccc(-c3ccc(F)cc3)n2n1. The van der Waals surface area contributed by atoms with E-state index in [1.54, 1.807) is 46.6 Å². The normalized spacial score (nSPS) is 10.9. The number of halogens is 1. The number of nitrogens with one attached hydrogen (secondary N) is 1. The lowest BCUT2D eigenvalue weighted by atomic mass is 10.1. The van der Waals surface area contributed by atoms with Gasteiger partial charge in [0.2, 0.25) is 0 Å². The lowest BCUT2D eigenvalue weighted by Gasteiger charge is -2.04. The van der Waals surface area contributed by atoms with E-state index in [-0.39, 0.29) is 17.4 Å². The van der Waals surface area contributed by atoms with Gasteiger partial charge in [-0.15, -0.1) is 11.3 Å². The fourth-order valence-electron chi connectivity index (χ4n) is 2.29. The first kappa shape index (κ1) is 14.5. The first-order valence-corrected chi connectivity index (χ1v) is 7.90. The summed E-state index contributed by atoms with van der Waals surface area (Å²) in [6.45, 7) is 0. The van der Waals surface area contributed by atoms with Gasteiger partial charge >= 0.3 is 0 Å². The first-order valence-electron chi connectivity index (χ1n) is 7.02. The molecule has 4 aromatic rings. The Balaban J connectivity index is 1.74. The second-order valence-corrected chi connectivity index (χ2v) is 5.82. The van der Waals surface area contributed by atoms with E-state index in [1.165, 1.54) is 23.5 Å². The minimum atomic E-state index is -0.361. The summed E-state index contributed by atoms with van der Waals surface area (Å²) < 4.78 is 14.7. The zero-order valence-electron chi connectivity index (χ0n) is 12.2. The van der Waals surface area contributed by atoms with Crippen molar-refractivity contribution in [3.05, 3.63) is 65.7 Å². The fourth-order valence-corrected chi connectivity index (χ4v) is 2.82. The van der Waals surface area contributed by atoms with Gasteiger partial charge < -0.3 is 0 Å². The number of thiazole rings is 1. The summed E-state index contributed by atoms with van der Waals surface area (Å²) in [6.07, 6.45) is 3.23. The number of carbonyl (C=O) groups excluding carboxylic acids is 1. The van der Waals surface area contributed by atoms with Gasteiger partial charge in [-0.05, 0) is 30.3 Å². The molecule has 3 heterocycles. The van der Waals surface area contributed by atoms with E-state index in [0.717, 1.165) is 5.56 Å². The van der Waals surface area contributed by atoms with Gasteiger partial charge in [-0.2, -0.15) is 5.10 Å². The fraction of sp³-hybridized carbons (Fsp3) is 0. The van der Waals surface area contributed by atoms with Crippen molar-refractivity contribution in [2.24, 2.45) is 0 Å². The number of fused-ring (bicyclic) bond motifs is 1. The first-order chi connectivity index (χ1) is 11.7. The third-order valence-corrected chi connectivity index (χ3v) is 4.07. The number of amides is 1. The van der Waals surface area contributed by atoms with Gasteiger partial charge in [0.25, 0.3) is 5.91 Å². The van der Waals surface area contributed by atoms with Crippen LogP contribution in [0.25, 0.3) is 16.9 Å². The summed E-state index contributed by atoms with van der Waals surface area (Å²) in [7, 11) is 0. The van der Waals surface area contributed by atoms with Crippen molar-refractivity contribution in [1.82, 2.24) is 19.6 Å². The number of hydrogen-bond donors (Lipinski definition) is 1. The number of carbonyl (C=O) groups is 1. The average Bonchev–Trinajstić information content (AvgIpc) is 3.24. The molecule has 118 valence electrons. The standard InChI is InChI=1S/C16H10FN5OS/c17-11-3-1-10(2-4-11)13-5-6-18-14-9-12(21-22(13)14)15(23)20-16-19-7-8-24-16/h1-9H,(H,19,20,23). The largest absolute Gasteiger partial charge is 0.296 e. The van der Waals surface area contributed by atoms with Gasteiger partial charge in [0.05, 0.1) is 5.69 Å². The highest BCUT2D eigenvalue weighted by molar-refractivity contribution is 7.13. The van der Waals surface area contributed by atoms with E-state index < -0.39 is 0 Å². The van der Waals surface area contributed by atoms with Crippen LogP contribution in [0.1, 0.15) is 10.5 Å². The number of rotatable bonds is 3. The highest BCUT2D eigenvalue weighted by Crippen LogP contribution is 2.21. The van der Waals surface area contributed by atoms with E-state index in [9.17, 15) is 9.18 Å². The minimum absolute atomic E-state index is 0.229. The third kappa shape index (κ3) is 2.63. The topological polar surface area (TPSA) is 72.2 Å². The van der Waals surface area contributed by atoms with Crippen LogP contribution in [0, 0.1) is 5.82 Å². The van der Waals surface area contributed by atoms with Crippen LogP contribution in [0.5, 0.6) is 0 Å². The maximum absolute atomic E-state index is 13.1. The maximum atomic E-state index is 13.1. The van der Waals surface area contributed by atoms with E-state index in [4.69, 9.17) is 0 Å². The summed E-state index contributed by atoms with van der Waals surface area (Å²) in [4.78, 5) is 20.5. The Hall–Kier alpha value is -3.13. The zero-order valence-corrected chi connectivity index (χ0v) is 13.0. The molecule has 0 bridgehead atoms. The average molecular weight is 339 g/mol. The summed E-state index contributed by atoms with van der Waals surface area (Å²) >= 11 is 1.33. The molecule has 24 heavy (non-hydrogen) atoms.